The van der Waals surface area contributed by atoms with Crippen molar-refractivity contribution in [2.45, 2.75) is 58.8 Å². The lowest BCUT2D eigenvalue weighted by Gasteiger charge is -2.44. The van der Waals surface area contributed by atoms with E-state index in [-0.39, 0.29) is 11.2 Å². The molecule has 0 bridgehead atoms. The minimum absolute atomic E-state index is 0.0319. The maximum absolute atomic E-state index is 13.3. The number of allylic oxidation sites excluding steroid dienone is 2. The molecule has 1 aliphatic heterocycles. The number of ketones is 1. The van der Waals surface area contributed by atoms with E-state index in [0.717, 1.165) is 34.6 Å². The van der Waals surface area contributed by atoms with Crippen LogP contribution in [-0.2, 0) is 10.2 Å². The number of aromatic nitrogens is 1. The molecule has 1 aromatic carbocycles. The van der Waals surface area contributed by atoms with Crippen LogP contribution in [0.25, 0.3) is 0 Å². The number of hydrogen-bond acceptors (Lipinski definition) is 3. The molecule has 27 heavy (non-hydrogen) atoms. The molecular weight excluding hydrogens is 332 g/mol. The monoisotopic (exact) mass is 360 g/mol. The summed E-state index contributed by atoms with van der Waals surface area (Å²) in [7, 11) is 0. The summed E-state index contributed by atoms with van der Waals surface area (Å²) in [6.07, 6.45) is 3.41. The molecule has 0 saturated carbocycles. The standard InChI is InChI=1S/C24H28N2O/c1-15(2)16-11-18-22(25-14-16)26-19-12-23(3,4)13-20(27)21(19)24(18,5)17-9-7-6-8-10-17/h6-11,14-15H,12-13H2,1-5H3,(H,25,26)/t24-/m0/s1. The number of carbonyl (C=O) groups excluding carboxylic acids is 1. The number of nitrogens with one attached hydrogen (secondary N) is 1. The van der Waals surface area contributed by atoms with E-state index in [1.807, 2.05) is 12.3 Å². The van der Waals surface area contributed by atoms with E-state index in [9.17, 15) is 4.79 Å². The first-order valence-electron chi connectivity index (χ1n) is 9.82. The van der Waals surface area contributed by atoms with Crippen molar-refractivity contribution < 1.29 is 4.79 Å². The van der Waals surface area contributed by atoms with Crippen molar-refractivity contribution in [3.05, 3.63) is 70.6 Å². The number of nitrogens with zero attached hydrogens (tertiary/aromatic N) is 1. The van der Waals surface area contributed by atoms with Crippen LogP contribution in [0.4, 0.5) is 5.82 Å². The molecule has 1 aliphatic carbocycles. The number of anilines is 1. The van der Waals surface area contributed by atoms with Gasteiger partial charge >= 0.3 is 0 Å². The smallest absolute Gasteiger partial charge is 0.162 e. The van der Waals surface area contributed by atoms with Crippen LogP contribution in [0.2, 0.25) is 0 Å². The molecule has 0 amide bonds. The first kappa shape index (κ1) is 18.0. The third-order valence-corrected chi connectivity index (χ3v) is 6.11. The fourth-order valence-electron chi connectivity index (χ4n) is 4.63. The molecule has 2 heterocycles. The highest BCUT2D eigenvalue weighted by Crippen LogP contribution is 2.52. The van der Waals surface area contributed by atoms with Gasteiger partial charge in [0.15, 0.2) is 5.78 Å². The SMILES string of the molecule is CC(C)c1cnc2c(c1)[C@](C)(c1ccccc1)C1=C(CC(C)(C)CC1=O)N2. The topological polar surface area (TPSA) is 42.0 Å². The van der Waals surface area contributed by atoms with Crippen LogP contribution in [-0.4, -0.2) is 10.8 Å². The number of Topliss-reactive ketones (excluding diaryl/α,β-unsaturated/α-hetero) is 1. The van der Waals surface area contributed by atoms with Gasteiger partial charge in [-0.05, 0) is 41.9 Å². The number of fused-ring (bicyclic) bond motifs is 1. The van der Waals surface area contributed by atoms with Crippen LogP contribution < -0.4 is 5.32 Å². The van der Waals surface area contributed by atoms with Gasteiger partial charge in [0.2, 0.25) is 0 Å². The van der Waals surface area contributed by atoms with Crippen LogP contribution in [0.3, 0.4) is 0 Å². The van der Waals surface area contributed by atoms with Gasteiger partial charge in [-0.25, -0.2) is 4.98 Å². The Hall–Kier alpha value is -2.42. The molecule has 2 aromatic rings. The largest absolute Gasteiger partial charge is 0.343 e. The molecule has 0 radical (unpaired) electrons. The molecule has 0 fully saturated rings. The molecule has 3 heteroatoms. The Kier molecular flexibility index (Phi) is 4.03. The van der Waals surface area contributed by atoms with Gasteiger partial charge in [-0.1, -0.05) is 58.0 Å². The van der Waals surface area contributed by atoms with Gasteiger partial charge in [0.05, 0.1) is 5.41 Å². The lowest BCUT2D eigenvalue weighted by molar-refractivity contribution is -0.118. The van der Waals surface area contributed by atoms with E-state index >= 15 is 0 Å². The van der Waals surface area contributed by atoms with Crippen molar-refractivity contribution in [2.75, 3.05) is 5.32 Å². The summed E-state index contributed by atoms with van der Waals surface area (Å²) in [5.74, 6) is 1.52. The highest BCUT2D eigenvalue weighted by molar-refractivity contribution is 6.02. The Morgan fingerprint density at radius 2 is 1.78 bits per heavy atom. The highest BCUT2D eigenvalue weighted by atomic mass is 16.1. The second-order valence-electron chi connectivity index (χ2n) is 9.23. The van der Waals surface area contributed by atoms with Gasteiger partial charge in [-0.2, -0.15) is 0 Å². The predicted octanol–water partition coefficient (Wildman–Crippen LogP) is 5.58. The first-order chi connectivity index (χ1) is 12.7. The maximum atomic E-state index is 13.3. The van der Waals surface area contributed by atoms with Crippen LogP contribution >= 0.6 is 0 Å². The van der Waals surface area contributed by atoms with Gasteiger partial charge in [0.25, 0.3) is 0 Å². The molecule has 3 nitrogen and oxygen atoms in total. The van der Waals surface area contributed by atoms with Crippen LogP contribution in [0.15, 0.2) is 53.9 Å². The van der Waals surface area contributed by atoms with Crippen molar-refractivity contribution in [1.82, 2.24) is 4.98 Å². The van der Waals surface area contributed by atoms with Gasteiger partial charge in [-0.3, -0.25) is 4.79 Å². The summed E-state index contributed by atoms with van der Waals surface area (Å²) in [6, 6.07) is 12.6. The summed E-state index contributed by atoms with van der Waals surface area (Å²) in [5.41, 5.74) is 4.90. The van der Waals surface area contributed by atoms with Gasteiger partial charge in [0.1, 0.15) is 5.82 Å². The molecule has 4 rings (SSSR count). The third-order valence-electron chi connectivity index (χ3n) is 6.11. The average molecular weight is 361 g/mol. The molecule has 0 spiro atoms. The van der Waals surface area contributed by atoms with Crippen molar-refractivity contribution >= 4 is 11.6 Å². The molecule has 140 valence electrons. The summed E-state index contributed by atoms with van der Waals surface area (Å²) in [5, 5.41) is 3.52. The Bertz CT molecular complexity index is 940. The lowest BCUT2D eigenvalue weighted by atomic mass is 9.61. The van der Waals surface area contributed by atoms with E-state index < -0.39 is 5.41 Å². The van der Waals surface area contributed by atoms with E-state index in [1.54, 1.807) is 0 Å². The van der Waals surface area contributed by atoms with Crippen LogP contribution in [0.5, 0.6) is 0 Å². The lowest BCUT2D eigenvalue weighted by Crippen LogP contribution is -2.42. The van der Waals surface area contributed by atoms with Gasteiger partial charge < -0.3 is 5.32 Å². The molecule has 1 atom stereocenters. The van der Waals surface area contributed by atoms with Crippen LogP contribution in [0.1, 0.15) is 70.1 Å². The van der Waals surface area contributed by atoms with E-state index in [0.29, 0.717) is 12.3 Å². The predicted molar refractivity (Wildman–Crippen MR) is 110 cm³/mol. The summed E-state index contributed by atoms with van der Waals surface area (Å²) < 4.78 is 0. The van der Waals surface area contributed by atoms with Gasteiger partial charge in [-0.15, -0.1) is 0 Å². The Morgan fingerprint density at radius 3 is 2.44 bits per heavy atom. The Balaban J connectivity index is 2.01. The molecule has 1 N–H and O–H groups in total. The minimum atomic E-state index is -0.483. The van der Waals surface area contributed by atoms with Crippen molar-refractivity contribution in [2.24, 2.45) is 5.41 Å². The van der Waals surface area contributed by atoms with Crippen molar-refractivity contribution in [3.63, 3.8) is 0 Å². The summed E-state index contributed by atoms with van der Waals surface area (Å²) in [6.45, 7) is 10.9. The third kappa shape index (κ3) is 2.80. The highest BCUT2D eigenvalue weighted by Gasteiger charge is 2.47. The second kappa shape index (κ2) is 6.05. The first-order valence-corrected chi connectivity index (χ1v) is 9.82. The second-order valence-corrected chi connectivity index (χ2v) is 9.23. The normalized spacial score (nSPS) is 23.7. The zero-order valence-electron chi connectivity index (χ0n) is 16.9. The number of hydrogen-bond donors (Lipinski definition) is 1. The van der Waals surface area contributed by atoms with Crippen LogP contribution in [0, 0.1) is 5.41 Å². The number of pyridine rings is 1. The Labute approximate surface area is 161 Å². The number of rotatable bonds is 2. The van der Waals surface area contributed by atoms with Gasteiger partial charge in [0, 0.05) is 29.5 Å². The van der Waals surface area contributed by atoms with Crippen molar-refractivity contribution in [1.29, 1.82) is 0 Å². The summed E-state index contributed by atoms with van der Waals surface area (Å²) in [4.78, 5) is 18.1. The molecular formula is C24H28N2O. The molecule has 1 aromatic heterocycles. The minimum Gasteiger partial charge on any atom is -0.343 e. The molecule has 0 unspecified atom stereocenters. The zero-order chi connectivity index (χ0) is 19.4. The summed E-state index contributed by atoms with van der Waals surface area (Å²) >= 11 is 0. The molecule has 2 aliphatic rings. The maximum Gasteiger partial charge on any atom is 0.162 e. The average Bonchev–Trinajstić information content (AvgIpc) is 2.60. The molecule has 0 saturated heterocycles. The number of benzene rings is 1. The fraction of sp³-hybridized carbons (Fsp3) is 0.417. The van der Waals surface area contributed by atoms with E-state index in [2.05, 4.69) is 70.3 Å². The van der Waals surface area contributed by atoms with Crippen molar-refractivity contribution in [3.8, 4) is 0 Å². The van der Waals surface area contributed by atoms with E-state index in [4.69, 9.17) is 4.98 Å². The zero-order valence-corrected chi connectivity index (χ0v) is 16.9. The van der Waals surface area contributed by atoms with E-state index in [1.165, 1.54) is 5.56 Å². The Morgan fingerprint density at radius 1 is 1.07 bits per heavy atom. The quantitative estimate of drug-likeness (QED) is 0.760. The fourth-order valence-corrected chi connectivity index (χ4v) is 4.63. The number of carbonyl (C=O) groups is 1.